The highest BCUT2D eigenvalue weighted by molar-refractivity contribution is 5.91. The number of aromatic nitrogens is 3. The number of nitrogens with zero attached hydrogens (tertiary/aromatic N) is 4. The number of para-hydroxylation sites is 1. The first kappa shape index (κ1) is 16.5. The third-order valence-corrected chi connectivity index (χ3v) is 3.74. The molecule has 0 aliphatic heterocycles. The molecule has 2 heterocycles. The summed E-state index contributed by atoms with van der Waals surface area (Å²) in [6, 6.07) is 22.6. The second-order valence-electron chi connectivity index (χ2n) is 5.59. The Morgan fingerprint density at radius 2 is 1.74 bits per heavy atom. The average Bonchev–Trinajstić information content (AvgIpc) is 3.39. The van der Waals surface area contributed by atoms with E-state index < -0.39 is 5.91 Å². The molecule has 0 bridgehead atoms. The van der Waals surface area contributed by atoms with E-state index in [2.05, 4.69) is 20.6 Å². The maximum atomic E-state index is 12.4. The van der Waals surface area contributed by atoms with Crippen LogP contribution in [0, 0.1) is 0 Å². The van der Waals surface area contributed by atoms with Crippen LogP contribution in [0.4, 0.5) is 0 Å². The topological polar surface area (TPSA) is 85.3 Å². The van der Waals surface area contributed by atoms with Crippen molar-refractivity contribution in [2.24, 2.45) is 5.10 Å². The van der Waals surface area contributed by atoms with Crippen molar-refractivity contribution >= 4 is 12.1 Å². The van der Waals surface area contributed by atoms with Crippen molar-refractivity contribution in [3.8, 4) is 17.1 Å². The number of carbonyl (C=O) groups excluding carboxylic acids is 1. The first-order valence-electron chi connectivity index (χ1n) is 8.26. The Kier molecular flexibility index (Phi) is 4.57. The van der Waals surface area contributed by atoms with E-state index in [0.29, 0.717) is 11.6 Å². The average molecular weight is 357 g/mol. The third kappa shape index (κ3) is 3.67. The Morgan fingerprint density at radius 1 is 1.00 bits per heavy atom. The molecule has 4 aromatic rings. The lowest BCUT2D eigenvalue weighted by Crippen LogP contribution is -2.19. The van der Waals surface area contributed by atoms with Crippen LogP contribution < -0.4 is 5.43 Å². The summed E-state index contributed by atoms with van der Waals surface area (Å²) in [6.07, 6.45) is 2.93. The molecule has 0 saturated carbocycles. The molecule has 1 amide bonds. The summed E-state index contributed by atoms with van der Waals surface area (Å²) < 4.78 is 6.76. The van der Waals surface area contributed by atoms with Gasteiger partial charge in [-0.1, -0.05) is 48.5 Å². The number of hydrogen-bond acceptors (Lipinski definition) is 5. The first-order chi connectivity index (χ1) is 13.3. The van der Waals surface area contributed by atoms with Crippen molar-refractivity contribution in [1.29, 1.82) is 0 Å². The molecule has 7 nitrogen and oxygen atoms in total. The van der Waals surface area contributed by atoms with Crippen molar-refractivity contribution < 1.29 is 9.21 Å². The van der Waals surface area contributed by atoms with Crippen molar-refractivity contribution in [2.75, 3.05) is 0 Å². The molecule has 0 aliphatic rings. The van der Waals surface area contributed by atoms with Crippen molar-refractivity contribution in [3.05, 3.63) is 90.6 Å². The van der Waals surface area contributed by atoms with E-state index >= 15 is 0 Å². The van der Waals surface area contributed by atoms with Crippen LogP contribution in [0.5, 0.6) is 0 Å². The molecular formula is C20H15N5O2. The highest BCUT2D eigenvalue weighted by Crippen LogP contribution is 2.20. The fraction of sp³-hybridized carbons (Fsp3) is 0. The van der Waals surface area contributed by atoms with E-state index in [1.165, 1.54) is 12.5 Å². The van der Waals surface area contributed by atoms with Crippen molar-refractivity contribution in [1.82, 2.24) is 20.2 Å². The van der Waals surface area contributed by atoms with E-state index in [0.717, 1.165) is 11.3 Å². The molecule has 0 spiro atoms. The monoisotopic (exact) mass is 357 g/mol. The number of carbonyl (C=O) groups is 1. The second kappa shape index (κ2) is 7.49. The van der Waals surface area contributed by atoms with Gasteiger partial charge in [0, 0.05) is 5.56 Å². The van der Waals surface area contributed by atoms with Gasteiger partial charge in [0.2, 0.25) is 5.82 Å². The number of hydrogen-bond donors (Lipinski definition) is 1. The van der Waals surface area contributed by atoms with Crippen LogP contribution in [0.25, 0.3) is 17.1 Å². The molecule has 1 N–H and O–H groups in total. The molecule has 2 aromatic carbocycles. The Bertz CT molecular complexity index is 997. The van der Waals surface area contributed by atoms with Gasteiger partial charge in [0.25, 0.3) is 0 Å². The zero-order chi connectivity index (χ0) is 18.5. The van der Waals surface area contributed by atoms with Crippen molar-refractivity contribution in [3.63, 3.8) is 0 Å². The minimum absolute atomic E-state index is 0.0225. The van der Waals surface area contributed by atoms with Crippen LogP contribution in [0.2, 0.25) is 0 Å². The largest absolute Gasteiger partial charge is 0.463 e. The van der Waals surface area contributed by atoms with Gasteiger partial charge in [0.1, 0.15) is 5.76 Å². The van der Waals surface area contributed by atoms with Crippen LogP contribution in [0.1, 0.15) is 16.4 Å². The highest BCUT2D eigenvalue weighted by atomic mass is 16.3. The summed E-state index contributed by atoms with van der Waals surface area (Å²) in [5.74, 6) is 0.615. The van der Waals surface area contributed by atoms with Crippen LogP contribution in [0.15, 0.2) is 88.6 Å². The SMILES string of the molecule is O=C(N/N=C/c1ccco1)c1nc(-c2ccccc2)n(-c2ccccc2)n1. The normalized spacial score (nSPS) is 11.0. The predicted octanol–water partition coefficient (Wildman–Crippen LogP) is 3.29. The highest BCUT2D eigenvalue weighted by Gasteiger charge is 2.18. The number of benzene rings is 2. The fourth-order valence-electron chi connectivity index (χ4n) is 2.50. The van der Waals surface area contributed by atoms with Crippen LogP contribution in [-0.4, -0.2) is 26.9 Å². The van der Waals surface area contributed by atoms with Gasteiger partial charge in [0.15, 0.2) is 5.82 Å². The van der Waals surface area contributed by atoms with Gasteiger partial charge in [-0.3, -0.25) is 4.79 Å². The summed E-state index contributed by atoms with van der Waals surface area (Å²) >= 11 is 0. The Balaban J connectivity index is 1.66. The summed E-state index contributed by atoms with van der Waals surface area (Å²) in [4.78, 5) is 16.8. The third-order valence-electron chi connectivity index (χ3n) is 3.74. The van der Waals surface area contributed by atoms with E-state index in [1.807, 2.05) is 60.7 Å². The lowest BCUT2D eigenvalue weighted by Gasteiger charge is -2.05. The molecule has 2 aromatic heterocycles. The number of nitrogens with one attached hydrogen (secondary N) is 1. The lowest BCUT2D eigenvalue weighted by molar-refractivity contribution is 0.0945. The molecule has 0 unspecified atom stereocenters. The van der Waals surface area contributed by atoms with E-state index in [9.17, 15) is 4.79 Å². The Morgan fingerprint density at radius 3 is 2.44 bits per heavy atom. The number of rotatable bonds is 5. The molecule has 0 saturated heterocycles. The lowest BCUT2D eigenvalue weighted by atomic mass is 10.2. The summed E-state index contributed by atoms with van der Waals surface area (Å²) in [7, 11) is 0. The van der Waals surface area contributed by atoms with Crippen LogP contribution >= 0.6 is 0 Å². The van der Waals surface area contributed by atoms with Gasteiger partial charge in [-0.05, 0) is 24.3 Å². The van der Waals surface area contributed by atoms with Crippen molar-refractivity contribution in [2.45, 2.75) is 0 Å². The van der Waals surface area contributed by atoms with Gasteiger partial charge < -0.3 is 4.42 Å². The quantitative estimate of drug-likeness (QED) is 0.439. The molecule has 0 radical (unpaired) electrons. The Hall–Kier alpha value is -4.00. The van der Waals surface area contributed by atoms with Gasteiger partial charge in [-0.25, -0.2) is 15.1 Å². The van der Waals surface area contributed by atoms with E-state index in [-0.39, 0.29) is 5.82 Å². The summed E-state index contributed by atoms with van der Waals surface area (Å²) in [6.45, 7) is 0. The van der Waals surface area contributed by atoms with E-state index in [4.69, 9.17) is 4.42 Å². The molecule has 0 atom stereocenters. The van der Waals surface area contributed by atoms with E-state index in [1.54, 1.807) is 16.8 Å². The maximum absolute atomic E-state index is 12.4. The molecular weight excluding hydrogens is 342 g/mol. The maximum Gasteiger partial charge on any atom is 0.311 e. The fourth-order valence-corrected chi connectivity index (χ4v) is 2.50. The number of amides is 1. The van der Waals surface area contributed by atoms with Crippen LogP contribution in [-0.2, 0) is 0 Å². The number of hydrazone groups is 1. The zero-order valence-electron chi connectivity index (χ0n) is 14.2. The second-order valence-corrected chi connectivity index (χ2v) is 5.59. The Labute approximate surface area is 155 Å². The van der Waals surface area contributed by atoms with Crippen LogP contribution in [0.3, 0.4) is 0 Å². The standard InChI is InChI=1S/C20H15N5O2/c26-20(23-21-14-17-12-7-13-27-17)18-22-19(15-8-3-1-4-9-15)25(24-18)16-10-5-2-6-11-16/h1-14H,(H,23,26)/b21-14+. The van der Waals surface area contributed by atoms with Gasteiger partial charge in [-0.15, -0.1) is 5.10 Å². The molecule has 7 heteroatoms. The van der Waals surface area contributed by atoms with Gasteiger partial charge in [-0.2, -0.15) is 5.10 Å². The molecule has 0 aliphatic carbocycles. The molecule has 4 rings (SSSR count). The molecule has 0 fully saturated rings. The minimum atomic E-state index is -0.510. The zero-order valence-corrected chi connectivity index (χ0v) is 14.2. The minimum Gasteiger partial charge on any atom is -0.463 e. The predicted molar refractivity (Wildman–Crippen MR) is 101 cm³/mol. The summed E-state index contributed by atoms with van der Waals surface area (Å²) in [5.41, 5.74) is 4.07. The molecule has 132 valence electrons. The first-order valence-corrected chi connectivity index (χ1v) is 8.26. The molecule has 27 heavy (non-hydrogen) atoms. The smallest absolute Gasteiger partial charge is 0.311 e. The summed E-state index contributed by atoms with van der Waals surface area (Å²) in [5, 5.41) is 8.24. The van der Waals surface area contributed by atoms with Gasteiger partial charge >= 0.3 is 5.91 Å². The number of furan rings is 1. The van der Waals surface area contributed by atoms with Gasteiger partial charge in [0.05, 0.1) is 18.2 Å².